The SMILES string of the molecule is CNC(=O)CCC1CCC(c2ccc(C3=Nc4c(N)ncnc4OC3C)cc2)CC1. The van der Waals surface area contributed by atoms with E-state index in [0.29, 0.717) is 35.6 Å². The molecule has 1 aliphatic heterocycles. The predicted molar refractivity (Wildman–Crippen MR) is 117 cm³/mol. The molecule has 3 N–H and O–H groups in total. The molecule has 0 spiro atoms. The number of nitrogens with zero attached hydrogens (tertiary/aromatic N) is 3. The van der Waals surface area contributed by atoms with Gasteiger partial charge in [-0.15, -0.1) is 0 Å². The van der Waals surface area contributed by atoms with E-state index < -0.39 is 0 Å². The van der Waals surface area contributed by atoms with Crippen LogP contribution in [0.1, 0.15) is 62.5 Å². The lowest BCUT2D eigenvalue weighted by atomic mass is 9.77. The highest BCUT2D eigenvalue weighted by molar-refractivity contribution is 6.06. The van der Waals surface area contributed by atoms with Gasteiger partial charge >= 0.3 is 0 Å². The number of amides is 1. The Balaban J connectivity index is 1.42. The van der Waals surface area contributed by atoms with Crippen molar-refractivity contribution in [1.29, 1.82) is 0 Å². The van der Waals surface area contributed by atoms with E-state index in [1.165, 1.54) is 37.6 Å². The normalized spacial score (nSPS) is 23.1. The fourth-order valence-corrected chi connectivity index (χ4v) is 4.47. The smallest absolute Gasteiger partial charge is 0.246 e. The largest absolute Gasteiger partial charge is 0.466 e. The summed E-state index contributed by atoms with van der Waals surface area (Å²) in [6, 6.07) is 8.66. The fraction of sp³-hybridized carbons (Fsp3) is 0.478. The van der Waals surface area contributed by atoms with Crippen LogP contribution in [0.25, 0.3) is 0 Å². The van der Waals surface area contributed by atoms with Gasteiger partial charge in [0.05, 0.1) is 5.71 Å². The van der Waals surface area contributed by atoms with Crippen molar-refractivity contribution in [2.24, 2.45) is 10.9 Å². The summed E-state index contributed by atoms with van der Waals surface area (Å²) in [4.78, 5) is 24.3. The number of fused-ring (bicyclic) bond motifs is 1. The summed E-state index contributed by atoms with van der Waals surface area (Å²) in [5, 5.41) is 2.71. The van der Waals surface area contributed by atoms with Crippen LogP contribution in [0.5, 0.6) is 5.88 Å². The first-order chi connectivity index (χ1) is 14.5. The number of nitrogens with one attached hydrogen (secondary N) is 1. The molecule has 1 aliphatic carbocycles. The van der Waals surface area contributed by atoms with Crippen LogP contribution in [-0.4, -0.2) is 34.7 Å². The molecule has 2 aliphatic rings. The Morgan fingerprint density at radius 2 is 1.90 bits per heavy atom. The maximum absolute atomic E-state index is 11.5. The Bertz CT molecular complexity index is 933. The summed E-state index contributed by atoms with van der Waals surface area (Å²) in [5.74, 6) is 2.16. The van der Waals surface area contributed by atoms with Gasteiger partial charge in [0.25, 0.3) is 0 Å². The van der Waals surface area contributed by atoms with Gasteiger partial charge in [0, 0.05) is 13.5 Å². The van der Waals surface area contributed by atoms with Crippen LogP contribution in [0.4, 0.5) is 11.5 Å². The molecule has 1 aromatic heterocycles. The summed E-state index contributed by atoms with van der Waals surface area (Å²) < 4.78 is 5.90. The molecule has 1 unspecified atom stereocenters. The summed E-state index contributed by atoms with van der Waals surface area (Å²) in [6.45, 7) is 1.97. The van der Waals surface area contributed by atoms with Crippen molar-refractivity contribution in [3.63, 3.8) is 0 Å². The first kappa shape index (κ1) is 20.3. The van der Waals surface area contributed by atoms with E-state index in [2.05, 4.69) is 39.6 Å². The van der Waals surface area contributed by atoms with Crippen LogP contribution in [0.15, 0.2) is 35.6 Å². The highest BCUT2D eigenvalue weighted by Gasteiger charge is 2.26. The van der Waals surface area contributed by atoms with Crippen molar-refractivity contribution in [2.45, 2.75) is 57.5 Å². The molecule has 7 nitrogen and oxygen atoms in total. The second-order valence-corrected chi connectivity index (χ2v) is 8.22. The Labute approximate surface area is 177 Å². The van der Waals surface area contributed by atoms with E-state index in [0.717, 1.165) is 17.7 Å². The van der Waals surface area contributed by atoms with Crippen molar-refractivity contribution in [3.05, 3.63) is 41.7 Å². The number of hydrogen-bond acceptors (Lipinski definition) is 6. The van der Waals surface area contributed by atoms with Crippen LogP contribution < -0.4 is 15.8 Å². The lowest BCUT2D eigenvalue weighted by Crippen LogP contribution is -2.28. The van der Waals surface area contributed by atoms with Crippen molar-refractivity contribution in [1.82, 2.24) is 15.3 Å². The minimum atomic E-state index is -0.201. The molecule has 1 saturated carbocycles. The molecule has 1 aromatic carbocycles. The van der Waals surface area contributed by atoms with E-state index in [4.69, 9.17) is 15.5 Å². The van der Waals surface area contributed by atoms with Crippen molar-refractivity contribution in [2.75, 3.05) is 12.8 Å². The number of anilines is 1. The molecule has 0 radical (unpaired) electrons. The molecular weight excluding hydrogens is 378 g/mol. The molecule has 30 heavy (non-hydrogen) atoms. The number of hydrogen-bond donors (Lipinski definition) is 2. The molecule has 4 rings (SSSR count). The number of nitrogens with two attached hydrogens (primary N) is 1. The van der Waals surface area contributed by atoms with Gasteiger partial charge in [0.1, 0.15) is 12.4 Å². The predicted octanol–water partition coefficient (Wildman–Crippen LogP) is 3.76. The van der Waals surface area contributed by atoms with Crippen molar-refractivity contribution in [3.8, 4) is 5.88 Å². The molecular formula is C23H29N5O2. The Morgan fingerprint density at radius 1 is 1.17 bits per heavy atom. The zero-order valence-electron chi connectivity index (χ0n) is 17.6. The fourth-order valence-electron chi connectivity index (χ4n) is 4.47. The number of aromatic nitrogens is 2. The first-order valence-corrected chi connectivity index (χ1v) is 10.7. The maximum atomic E-state index is 11.5. The Hall–Kier alpha value is -2.96. The van der Waals surface area contributed by atoms with Gasteiger partial charge in [-0.05, 0) is 62.0 Å². The topological polar surface area (TPSA) is 102 Å². The van der Waals surface area contributed by atoms with Crippen LogP contribution in [0.3, 0.4) is 0 Å². The molecule has 2 heterocycles. The van der Waals surface area contributed by atoms with Crippen LogP contribution in [0.2, 0.25) is 0 Å². The maximum Gasteiger partial charge on any atom is 0.246 e. The zero-order valence-corrected chi connectivity index (χ0v) is 17.6. The number of ether oxygens (including phenoxy) is 1. The molecule has 0 saturated heterocycles. The average Bonchev–Trinajstić information content (AvgIpc) is 2.78. The minimum absolute atomic E-state index is 0.146. The lowest BCUT2D eigenvalue weighted by molar-refractivity contribution is -0.120. The summed E-state index contributed by atoms with van der Waals surface area (Å²) in [7, 11) is 1.70. The lowest BCUT2D eigenvalue weighted by Gasteiger charge is -2.29. The standard InChI is InChI=1S/C23H29N5O2/c1-14-20(28-21-22(24)26-13-27-23(21)30-14)18-10-8-17(9-11-18)16-6-3-15(4-7-16)5-12-19(29)25-2/h8-11,13-16H,3-7,12H2,1-2H3,(H,25,29)(H2,24,26,27). The number of aliphatic imine (C=N–C) groups is 1. The molecule has 0 bridgehead atoms. The summed E-state index contributed by atoms with van der Waals surface area (Å²) in [6.07, 6.45) is 7.57. The number of benzene rings is 1. The van der Waals surface area contributed by atoms with Gasteiger partial charge in [0.15, 0.2) is 11.5 Å². The second-order valence-electron chi connectivity index (χ2n) is 8.22. The molecule has 158 valence electrons. The second kappa shape index (κ2) is 8.81. The van der Waals surface area contributed by atoms with Crippen molar-refractivity contribution < 1.29 is 9.53 Å². The quantitative estimate of drug-likeness (QED) is 0.786. The average molecular weight is 408 g/mol. The van der Waals surface area contributed by atoms with Gasteiger partial charge < -0.3 is 15.8 Å². The summed E-state index contributed by atoms with van der Waals surface area (Å²) >= 11 is 0. The minimum Gasteiger partial charge on any atom is -0.466 e. The van der Waals surface area contributed by atoms with Gasteiger partial charge in [-0.1, -0.05) is 24.3 Å². The monoisotopic (exact) mass is 407 g/mol. The van der Waals surface area contributed by atoms with Crippen molar-refractivity contribution >= 4 is 23.1 Å². The molecule has 1 atom stereocenters. The molecule has 7 heteroatoms. The first-order valence-electron chi connectivity index (χ1n) is 10.7. The van der Waals surface area contributed by atoms with E-state index in [-0.39, 0.29) is 12.0 Å². The van der Waals surface area contributed by atoms with E-state index in [1.807, 2.05) is 6.92 Å². The summed E-state index contributed by atoms with van der Waals surface area (Å²) in [5.41, 5.74) is 9.69. The number of carbonyl (C=O) groups excluding carboxylic acids is 1. The number of nitrogen functional groups attached to an aromatic ring is 1. The Morgan fingerprint density at radius 3 is 2.60 bits per heavy atom. The van der Waals surface area contributed by atoms with Gasteiger partial charge in [-0.2, -0.15) is 4.98 Å². The van der Waals surface area contributed by atoms with E-state index in [9.17, 15) is 4.79 Å². The zero-order chi connectivity index (χ0) is 21.1. The third-order valence-electron chi connectivity index (χ3n) is 6.31. The Kier molecular flexibility index (Phi) is 5.97. The van der Waals surface area contributed by atoms with Crippen LogP contribution in [-0.2, 0) is 4.79 Å². The van der Waals surface area contributed by atoms with Gasteiger partial charge in [-0.3, -0.25) is 4.79 Å². The number of rotatable bonds is 5. The highest BCUT2D eigenvalue weighted by Crippen LogP contribution is 2.38. The molecule has 1 amide bonds. The van der Waals surface area contributed by atoms with E-state index in [1.54, 1.807) is 7.05 Å². The molecule has 1 fully saturated rings. The molecule has 2 aromatic rings. The van der Waals surface area contributed by atoms with Gasteiger partial charge in [-0.25, -0.2) is 9.98 Å². The third-order valence-corrected chi connectivity index (χ3v) is 6.31. The number of carbonyl (C=O) groups is 1. The third kappa shape index (κ3) is 4.30. The van der Waals surface area contributed by atoms with E-state index >= 15 is 0 Å². The van der Waals surface area contributed by atoms with Crippen LogP contribution in [0, 0.1) is 5.92 Å². The highest BCUT2D eigenvalue weighted by atomic mass is 16.5. The van der Waals surface area contributed by atoms with Gasteiger partial charge in [0.2, 0.25) is 11.8 Å². The van der Waals surface area contributed by atoms with Crippen LogP contribution >= 0.6 is 0 Å².